The molecule has 3 aromatic rings. The second kappa shape index (κ2) is 9.64. The number of hydrogen-bond acceptors (Lipinski definition) is 7. The Hall–Kier alpha value is -0.491. The molecule has 0 unspecified atom stereocenters. The zero-order valence-corrected chi connectivity index (χ0v) is 24.5. The van der Waals surface area contributed by atoms with Gasteiger partial charge in [-0.15, -0.1) is 0 Å². The van der Waals surface area contributed by atoms with E-state index in [2.05, 4.69) is 0 Å². The number of hydrogen-bond donors (Lipinski definition) is 0. The molecule has 8 nitrogen and oxygen atoms in total. The van der Waals surface area contributed by atoms with Crippen LogP contribution in [0.2, 0.25) is 0 Å². The van der Waals surface area contributed by atoms with Gasteiger partial charge in [-0.05, 0) is 0 Å². The fraction of sp³-hybridized carbons (Fsp3) is 0.211. The number of rotatable bonds is 5. The third kappa shape index (κ3) is 5.95. The van der Waals surface area contributed by atoms with Crippen molar-refractivity contribution in [1.29, 1.82) is 0 Å². The van der Waals surface area contributed by atoms with E-state index in [0.717, 1.165) is 19.8 Å². The van der Waals surface area contributed by atoms with Gasteiger partial charge in [0.2, 0.25) is 0 Å². The molecule has 1 aromatic heterocycles. The van der Waals surface area contributed by atoms with Crippen LogP contribution in [0.25, 0.3) is 15.9 Å². The predicted molar refractivity (Wildman–Crippen MR) is 117 cm³/mol. The van der Waals surface area contributed by atoms with Gasteiger partial charge in [0.1, 0.15) is 0 Å². The third-order valence-corrected chi connectivity index (χ3v) is 10.4. The van der Waals surface area contributed by atoms with Crippen LogP contribution in [0, 0.1) is 13.8 Å². The summed E-state index contributed by atoms with van der Waals surface area (Å²) < 4.78 is 74.1. The molecule has 0 radical (unpaired) electrons. The molecule has 4 rings (SSSR count). The number of aromatic nitrogens is 1. The Kier molecular flexibility index (Phi) is 7.86. The molecule has 0 saturated carbocycles. The van der Waals surface area contributed by atoms with Crippen molar-refractivity contribution in [2.45, 2.75) is 19.7 Å². The van der Waals surface area contributed by atoms with E-state index in [-0.39, 0.29) is 59.0 Å². The number of aryl methyl sites for hydroxylation is 2. The van der Waals surface area contributed by atoms with Crippen molar-refractivity contribution in [3.8, 4) is 0 Å². The van der Waals surface area contributed by atoms with Gasteiger partial charge in [-0.3, -0.25) is 0 Å². The molecule has 0 amide bonds. The second-order valence-electron chi connectivity index (χ2n) is 7.20. The summed E-state index contributed by atoms with van der Waals surface area (Å²) in [7, 11) is -9.10. The van der Waals surface area contributed by atoms with Crippen LogP contribution in [0.4, 0.5) is 5.69 Å². The van der Waals surface area contributed by atoms with Crippen molar-refractivity contribution >= 4 is 75.7 Å². The van der Waals surface area contributed by atoms with Crippen molar-refractivity contribution in [2.24, 2.45) is 0 Å². The Labute approximate surface area is 221 Å². The molecule has 164 valence electrons. The van der Waals surface area contributed by atoms with E-state index < -0.39 is 32.0 Å². The molecule has 32 heavy (non-hydrogen) atoms. The largest absolute Gasteiger partial charge is 1.00 e. The van der Waals surface area contributed by atoms with E-state index in [1.54, 1.807) is 6.08 Å². The van der Waals surface area contributed by atoms with E-state index in [4.69, 9.17) is 0 Å². The molecule has 0 saturated heterocycles. The van der Waals surface area contributed by atoms with Crippen molar-refractivity contribution in [2.75, 3.05) is 10.8 Å². The second-order valence-corrected chi connectivity index (χ2v) is 14.4. The van der Waals surface area contributed by atoms with Crippen LogP contribution in [0.3, 0.4) is 0 Å². The summed E-state index contributed by atoms with van der Waals surface area (Å²) in [6, 6.07) is 11.4. The number of fused-ring (bicyclic) bond motifs is 2. The quantitative estimate of drug-likeness (QED) is 0.170. The van der Waals surface area contributed by atoms with Gasteiger partial charge in [-0.2, -0.15) is 0 Å². The van der Waals surface area contributed by atoms with Gasteiger partial charge in [0.25, 0.3) is 0 Å². The molecule has 0 fully saturated rings. The van der Waals surface area contributed by atoms with Crippen LogP contribution in [0.5, 0.6) is 0 Å². The molecule has 0 spiro atoms. The molecule has 13 heteroatoms. The van der Waals surface area contributed by atoms with Gasteiger partial charge >= 0.3 is 223 Å². The van der Waals surface area contributed by atoms with Crippen LogP contribution in [-0.4, -0.2) is 61.3 Å². The topological polar surface area (TPSA) is 122 Å². The van der Waals surface area contributed by atoms with Gasteiger partial charge in [0.15, 0.2) is 0 Å². The van der Waals surface area contributed by atoms with E-state index in [1.807, 2.05) is 50.2 Å². The first-order valence-electron chi connectivity index (χ1n) is 8.97. The van der Waals surface area contributed by atoms with Crippen LogP contribution < -0.4 is 43.5 Å². The third-order valence-electron chi connectivity index (χ3n) is 4.59. The van der Waals surface area contributed by atoms with Crippen molar-refractivity contribution < 1.29 is 60.1 Å². The van der Waals surface area contributed by atoms with Gasteiger partial charge in [-0.1, -0.05) is 0 Å². The maximum atomic E-state index is 11.6. The zero-order chi connectivity index (χ0) is 22.6. The Bertz CT molecular complexity index is 1450. The minimum absolute atomic E-state index is 0. The summed E-state index contributed by atoms with van der Waals surface area (Å²) in [5.41, 5.74) is 3.22. The average molecular weight is 614 g/mol. The molecule has 2 aromatic carbocycles. The summed E-state index contributed by atoms with van der Waals surface area (Å²) in [4.78, 5) is 1.49. The zero-order valence-electron chi connectivity index (χ0n) is 17.4. The van der Waals surface area contributed by atoms with Crippen molar-refractivity contribution in [3.05, 3.63) is 56.7 Å². The summed E-state index contributed by atoms with van der Waals surface area (Å²) in [6.07, 6.45) is 1.75. The van der Waals surface area contributed by atoms with E-state index in [9.17, 15) is 25.9 Å². The summed E-state index contributed by atoms with van der Waals surface area (Å²) in [6.45, 7) is 3.76. The van der Waals surface area contributed by atoms with Gasteiger partial charge in [0, 0.05) is 0 Å². The smallest absolute Gasteiger partial charge is 1.00 e. The normalized spacial score (nSPS) is 15.2. The van der Waals surface area contributed by atoms with Crippen LogP contribution in [0.15, 0.2) is 41.0 Å². The Morgan fingerprint density at radius 2 is 1.66 bits per heavy atom. The number of benzene rings is 2. The maximum Gasteiger partial charge on any atom is 1.00 e. The van der Waals surface area contributed by atoms with Gasteiger partial charge < -0.3 is 0 Å². The summed E-state index contributed by atoms with van der Waals surface area (Å²) in [5.74, 6) is -1.41. The van der Waals surface area contributed by atoms with Crippen LogP contribution in [0.1, 0.15) is 15.7 Å². The fourth-order valence-electron chi connectivity index (χ4n) is 3.33. The molecule has 1 aliphatic rings. The monoisotopic (exact) mass is 616 g/mol. The summed E-state index contributed by atoms with van der Waals surface area (Å²) >= 11 is -0.549. The predicted octanol–water partition coefficient (Wildman–Crippen LogP) is -3.04. The average Bonchev–Trinajstić information content (AvgIpc) is 3.11. The van der Waals surface area contributed by atoms with E-state index >= 15 is 0 Å². The molecular formula is C19H17N2NaO6S2Se2. The SMILES string of the molecule is Cc1ccc2c(c1)N(CS(=O)(=O)[O-])C(=Cc1[se]c3ccc(C)cc3[n+]1CS(=O)(=O)[O-])[Se]2.[Na+]. The molecule has 0 bridgehead atoms. The first-order valence-corrected chi connectivity index (χ1v) is 15.6. The molecule has 0 N–H and O–H groups in total. The Morgan fingerprint density at radius 3 is 2.31 bits per heavy atom. The van der Waals surface area contributed by atoms with Crippen LogP contribution >= 0.6 is 0 Å². The minimum atomic E-state index is -4.55. The first-order chi connectivity index (χ1) is 14.4. The van der Waals surface area contributed by atoms with E-state index in [1.165, 1.54) is 9.47 Å². The first kappa shape index (κ1) is 26.1. The van der Waals surface area contributed by atoms with Gasteiger partial charge in [0.05, 0.1) is 0 Å². The fourth-order valence-corrected chi connectivity index (χ4v) is 9.79. The van der Waals surface area contributed by atoms with E-state index in [0.29, 0.717) is 20.4 Å². The van der Waals surface area contributed by atoms with Crippen molar-refractivity contribution in [1.82, 2.24) is 0 Å². The van der Waals surface area contributed by atoms with Crippen LogP contribution in [-0.2, 0) is 26.1 Å². The van der Waals surface area contributed by atoms with Gasteiger partial charge in [-0.25, -0.2) is 0 Å². The number of anilines is 1. The molecule has 1 aliphatic heterocycles. The molecule has 0 aliphatic carbocycles. The molecule has 2 heterocycles. The Balaban J connectivity index is 0.00000289. The standard InChI is InChI=1S/C19H18N2O6S2Se2.Na/c1-12-3-5-16-14(7-12)20(10-28(22,23)24)18(30-16)9-19-21(11-29(25,26)27)15-8-13(2)4-6-17(15)31-19;/h3-9H,10-11H2,1-2H3,(H-,22,23,24,25,26,27);/q;+1/p-1. The molecular weight excluding hydrogens is 597 g/mol. The maximum absolute atomic E-state index is 11.6. The van der Waals surface area contributed by atoms with Crippen molar-refractivity contribution in [3.63, 3.8) is 0 Å². The Morgan fingerprint density at radius 1 is 1.00 bits per heavy atom. The summed E-state index contributed by atoms with van der Waals surface area (Å²) in [5, 5.41) is 0. The molecule has 0 atom stereocenters. The minimum Gasteiger partial charge on any atom is 1.00 e. The number of nitrogens with zero attached hydrogens (tertiary/aromatic N) is 2.